The molecule has 2 heterocycles. The number of hydrogen-bond donors (Lipinski definition) is 1. The second kappa shape index (κ2) is 8.15. The van der Waals surface area contributed by atoms with Gasteiger partial charge in [-0.05, 0) is 37.8 Å². The van der Waals surface area contributed by atoms with E-state index in [1.807, 2.05) is 29.2 Å². The average molecular weight is 331 g/mol. The third-order valence-corrected chi connectivity index (χ3v) is 4.42. The minimum atomic E-state index is 0.00762. The van der Waals surface area contributed by atoms with E-state index in [-0.39, 0.29) is 11.9 Å². The van der Waals surface area contributed by atoms with Crippen molar-refractivity contribution in [3.05, 3.63) is 30.2 Å². The number of hydrogen-bond acceptors (Lipinski definition) is 4. The summed E-state index contributed by atoms with van der Waals surface area (Å²) in [6.45, 7) is 2.88. The van der Waals surface area contributed by atoms with E-state index >= 15 is 0 Å². The summed E-state index contributed by atoms with van der Waals surface area (Å²) >= 11 is 0. The van der Waals surface area contributed by atoms with E-state index in [4.69, 9.17) is 9.15 Å². The number of rotatable bonds is 6. The van der Waals surface area contributed by atoms with E-state index in [0.717, 1.165) is 55.8 Å². The van der Waals surface area contributed by atoms with Gasteiger partial charge >= 0.3 is 6.03 Å². The molecular formula is C18H25N3O3. The van der Waals surface area contributed by atoms with E-state index in [2.05, 4.69) is 10.3 Å². The van der Waals surface area contributed by atoms with Crippen molar-refractivity contribution in [3.8, 4) is 0 Å². The summed E-state index contributed by atoms with van der Waals surface area (Å²) in [5.74, 6) is 0.916. The minimum Gasteiger partial charge on any atom is -0.440 e. The van der Waals surface area contributed by atoms with E-state index in [1.165, 1.54) is 0 Å². The largest absolute Gasteiger partial charge is 0.440 e. The van der Waals surface area contributed by atoms with Crippen molar-refractivity contribution in [2.24, 2.45) is 0 Å². The standard InChI is InChI=1S/C18H25N3O3/c1-23-12-5-4-10-19-18(22)21-11-6-7-14(13-21)17-20-15-8-2-3-9-16(15)24-17/h2-3,8-9,14H,4-7,10-13H2,1H3,(H,19,22)/t14-/m0/s1. The summed E-state index contributed by atoms with van der Waals surface area (Å²) in [6.07, 6.45) is 3.87. The lowest BCUT2D eigenvalue weighted by molar-refractivity contribution is 0.172. The number of ether oxygens (including phenoxy) is 1. The maximum atomic E-state index is 12.3. The normalized spacial score (nSPS) is 18.0. The maximum absolute atomic E-state index is 12.3. The van der Waals surface area contributed by atoms with E-state index in [1.54, 1.807) is 7.11 Å². The third-order valence-electron chi connectivity index (χ3n) is 4.42. The fourth-order valence-electron chi connectivity index (χ4n) is 3.11. The predicted molar refractivity (Wildman–Crippen MR) is 92.1 cm³/mol. The molecule has 24 heavy (non-hydrogen) atoms. The Bertz CT molecular complexity index is 637. The molecule has 1 aliphatic rings. The van der Waals surface area contributed by atoms with Crippen molar-refractivity contribution < 1.29 is 13.9 Å². The molecule has 1 aromatic heterocycles. The van der Waals surface area contributed by atoms with Crippen molar-refractivity contribution in [1.29, 1.82) is 0 Å². The summed E-state index contributed by atoms with van der Waals surface area (Å²) < 4.78 is 10.9. The van der Waals surface area contributed by atoms with E-state index in [9.17, 15) is 4.79 Å². The summed E-state index contributed by atoms with van der Waals surface area (Å²) in [5.41, 5.74) is 1.69. The summed E-state index contributed by atoms with van der Waals surface area (Å²) in [4.78, 5) is 18.8. The molecule has 6 nitrogen and oxygen atoms in total. The first-order valence-corrected chi connectivity index (χ1v) is 8.65. The first kappa shape index (κ1) is 16.8. The van der Waals surface area contributed by atoms with Crippen LogP contribution in [-0.4, -0.2) is 49.3 Å². The Hall–Kier alpha value is -2.08. The SMILES string of the molecule is COCCCCNC(=O)N1CCC[C@H](c2nc3ccccc3o2)C1. The third kappa shape index (κ3) is 4.06. The van der Waals surface area contributed by atoms with Crippen LogP contribution < -0.4 is 5.32 Å². The van der Waals surface area contributed by atoms with Gasteiger partial charge in [0, 0.05) is 33.4 Å². The van der Waals surface area contributed by atoms with Gasteiger partial charge in [0.15, 0.2) is 11.5 Å². The van der Waals surface area contributed by atoms with Crippen LogP contribution in [0.15, 0.2) is 28.7 Å². The van der Waals surface area contributed by atoms with Crippen molar-refractivity contribution in [2.75, 3.05) is 33.4 Å². The second-order valence-electron chi connectivity index (χ2n) is 6.24. The monoisotopic (exact) mass is 331 g/mol. The summed E-state index contributed by atoms with van der Waals surface area (Å²) in [6, 6.07) is 7.79. The molecule has 1 fully saturated rings. The highest BCUT2D eigenvalue weighted by Gasteiger charge is 2.27. The van der Waals surface area contributed by atoms with Crippen molar-refractivity contribution in [1.82, 2.24) is 15.2 Å². The Balaban J connectivity index is 1.54. The number of fused-ring (bicyclic) bond motifs is 1. The molecule has 6 heteroatoms. The van der Waals surface area contributed by atoms with Crippen LogP contribution in [0.25, 0.3) is 11.1 Å². The van der Waals surface area contributed by atoms with Gasteiger partial charge in [0.2, 0.25) is 0 Å². The highest BCUT2D eigenvalue weighted by Crippen LogP contribution is 2.28. The number of para-hydroxylation sites is 2. The van der Waals surface area contributed by atoms with Gasteiger partial charge in [-0.15, -0.1) is 0 Å². The molecule has 0 bridgehead atoms. The number of carbonyl (C=O) groups excluding carboxylic acids is 1. The first-order valence-electron chi connectivity index (χ1n) is 8.65. The second-order valence-corrected chi connectivity index (χ2v) is 6.24. The first-order chi connectivity index (χ1) is 11.8. The smallest absolute Gasteiger partial charge is 0.317 e. The molecule has 0 spiro atoms. The highest BCUT2D eigenvalue weighted by molar-refractivity contribution is 5.74. The summed E-state index contributed by atoms with van der Waals surface area (Å²) in [7, 11) is 1.69. The molecule has 0 aliphatic carbocycles. The molecular weight excluding hydrogens is 306 g/mol. The molecule has 2 aromatic rings. The van der Waals surface area contributed by atoms with Gasteiger partial charge in [0.1, 0.15) is 5.52 Å². The van der Waals surface area contributed by atoms with Crippen molar-refractivity contribution >= 4 is 17.1 Å². The van der Waals surface area contributed by atoms with Gasteiger partial charge in [-0.25, -0.2) is 9.78 Å². The van der Waals surface area contributed by atoms with Crippen LogP contribution in [0.5, 0.6) is 0 Å². The Kier molecular flexibility index (Phi) is 5.69. The zero-order valence-electron chi connectivity index (χ0n) is 14.2. The number of urea groups is 1. The molecule has 130 valence electrons. The van der Waals surface area contributed by atoms with Gasteiger partial charge in [-0.3, -0.25) is 0 Å². The molecule has 3 rings (SSSR count). The van der Waals surface area contributed by atoms with Crippen LogP contribution in [-0.2, 0) is 4.74 Å². The van der Waals surface area contributed by atoms with Gasteiger partial charge in [-0.1, -0.05) is 12.1 Å². The zero-order valence-corrected chi connectivity index (χ0v) is 14.2. The predicted octanol–water partition coefficient (Wildman–Crippen LogP) is 3.14. The van der Waals surface area contributed by atoms with Crippen LogP contribution in [0, 0.1) is 0 Å². The number of nitrogens with zero attached hydrogens (tertiary/aromatic N) is 2. The molecule has 0 radical (unpaired) electrons. The lowest BCUT2D eigenvalue weighted by atomic mass is 9.98. The molecule has 2 amide bonds. The Morgan fingerprint density at radius 1 is 1.42 bits per heavy atom. The highest BCUT2D eigenvalue weighted by atomic mass is 16.5. The van der Waals surface area contributed by atoms with Crippen LogP contribution >= 0.6 is 0 Å². The fraction of sp³-hybridized carbons (Fsp3) is 0.556. The Labute approximate surface area is 142 Å². The number of likely N-dealkylation sites (tertiary alicyclic amines) is 1. The van der Waals surface area contributed by atoms with E-state index in [0.29, 0.717) is 13.1 Å². The number of aromatic nitrogens is 1. The number of oxazole rings is 1. The fourth-order valence-corrected chi connectivity index (χ4v) is 3.11. The Morgan fingerprint density at radius 2 is 2.29 bits per heavy atom. The molecule has 1 N–H and O–H groups in total. The van der Waals surface area contributed by atoms with Gasteiger partial charge in [0.05, 0.1) is 5.92 Å². The van der Waals surface area contributed by atoms with E-state index < -0.39 is 0 Å². The number of nitrogens with one attached hydrogen (secondary N) is 1. The van der Waals surface area contributed by atoms with Crippen LogP contribution in [0.3, 0.4) is 0 Å². The molecule has 0 unspecified atom stereocenters. The number of benzene rings is 1. The van der Waals surface area contributed by atoms with Crippen LogP contribution in [0.2, 0.25) is 0 Å². The minimum absolute atomic E-state index is 0.00762. The number of carbonyl (C=O) groups is 1. The lowest BCUT2D eigenvalue weighted by Gasteiger charge is -2.31. The maximum Gasteiger partial charge on any atom is 0.317 e. The average Bonchev–Trinajstić information content (AvgIpc) is 3.06. The van der Waals surface area contributed by atoms with Crippen molar-refractivity contribution in [2.45, 2.75) is 31.6 Å². The molecule has 1 aliphatic heterocycles. The number of unbranched alkanes of at least 4 members (excludes halogenated alkanes) is 1. The molecule has 1 aromatic carbocycles. The zero-order chi connectivity index (χ0) is 16.8. The molecule has 1 saturated heterocycles. The van der Waals surface area contributed by atoms with Crippen molar-refractivity contribution in [3.63, 3.8) is 0 Å². The summed E-state index contributed by atoms with van der Waals surface area (Å²) in [5, 5.41) is 2.99. The topological polar surface area (TPSA) is 67.6 Å². The Morgan fingerprint density at radius 3 is 3.12 bits per heavy atom. The number of piperidine rings is 1. The van der Waals surface area contributed by atoms with Gasteiger partial charge in [0.25, 0.3) is 0 Å². The van der Waals surface area contributed by atoms with Gasteiger partial charge in [-0.2, -0.15) is 0 Å². The van der Waals surface area contributed by atoms with Gasteiger partial charge < -0.3 is 19.4 Å². The molecule has 1 atom stereocenters. The number of amides is 2. The number of methoxy groups -OCH3 is 1. The molecule has 0 saturated carbocycles. The van der Waals surface area contributed by atoms with Crippen LogP contribution in [0.4, 0.5) is 4.79 Å². The van der Waals surface area contributed by atoms with Crippen LogP contribution in [0.1, 0.15) is 37.5 Å². The quantitative estimate of drug-likeness (QED) is 0.826. The lowest BCUT2D eigenvalue weighted by Crippen LogP contribution is -2.45.